The Morgan fingerprint density at radius 2 is 1.64 bits per heavy atom. The molecule has 0 saturated heterocycles. The summed E-state index contributed by atoms with van der Waals surface area (Å²) < 4.78 is 1.28. The molecule has 0 aliphatic rings. The van der Waals surface area contributed by atoms with E-state index >= 15 is 0 Å². The first-order chi connectivity index (χ1) is 15.8. The van der Waals surface area contributed by atoms with Gasteiger partial charge in [0, 0.05) is 23.9 Å². The fourth-order valence-electron chi connectivity index (χ4n) is 3.50. The summed E-state index contributed by atoms with van der Waals surface area (Å²) in [6.45, 7) is 5.39. The minimum absolute atomic E-state index is 0.123. The second kappa shape index (κ2) is 8.91. The molecule has 0 unspecified atom stereocenters. The molecule has 8 heteroatoms. The molecule has 0 spiro atoms. The molecular weight excluding hydrogens is 436 g/mol. The van der Waals surface area contributed by atoms with Crippen molar-refractivity contribution in [2.45, 2.75) is 20.8 Å². The number of amides is 1. The molecule has 1 N–H and O–H groups in total. The molecular formula is C25H22N4O3S. The molecule has 0 saturated carbocycles. The van der Waals surface area contributed by atoms with Crippen LogP contribution in [0.1, 0.15) is 42.5 Å². The van der Waals surface area contributed by atoms with E-state index in [-0.39, 0.29) is 17.2 Å². The molecule has 0 aliphatic carbocycles. The lowest BCUT2D eigenvalue weighted by atomic mass is 10.0. The Labute approximate surface area is 194 Å². The maximum atomic E-state index is 13.0. The number of anilines is 1. The number of aryl methyl sites for hydroxylation is 3. The Kier molecular flexibility index (Phi) is 6.02. The highest BCUT2D eigenvalue weighted by Crippen LogP contribution is 2.29. The molecule has 2 aromatic heterocycles. The lowest BCUT2D eigenvalue weighted by Crippen LogP contribution is -2.23. The predicted molar refractivity (Wildman–Crippen MR) is 129 cm³/mol. The Balaban J connectivity index is 1.62. The van der Waals surface area contributed by atoms with E-state index in [1.54, 1.807) is 50.4 Å². The Bertz CT molecular complexity index is 1440. The molecule has 0 aliphatic heterocycles. The number of carbonyl (C=O) groups is 2. The molecule has 7 nitrogen and oxygen atoms in total. The Morgan fingerprint density at radius 1 is 0.939 bits per heavy atom. The topological polar surface area (TPSA) is 93.9 Å². The largest absolute Gasteiger partial charge is 0.321 e. The monoisotopic (exact) mass is 458 g/mol. The number of carbonyl (C=O) groups excluding carboxylic acids is 2. The van der Waals surface area contributed by atoms with Gasteiger partial charge in [0.15, 0.2) is 5.78 Å². The molecule has 4 aromatic rings. The smallest absolute Gasteiger partial charge is 0.277 e. The fourth-order valence-corrected chi connectivity index (χ4v) is 4.55. The molecule has 0 bridgehead atoms. The average Bonchev–Trinajstić information content (AvgIpc) is 3.19. The van der Waals surface area contributed by atoms with E-state index in [1.807, 2.05) is 32.0 Å². The summed E-state index contributed by atoms with van der Waals surface area (Å²) in [5, 5.41) is 7.52. The SMILES string of the molecule is Cc1nc(-c2c(C)c(C)nn(C)c2=O)sc1C(=O)Nc1cccc(C(=O)c2ccccc2)c1. The third kappa shape index (κ3) is 4.38. The number of hydrogen-bond acceptors (Lipinski definition) is 6. The molecule has 2 heterocycles. The molecule has 0 atom stereocenters. The van der Waals surface area contributed by atoms with E-state index in [0.717, 1.165) is 22.6 Å². The second-order valence-electron chi connectivity index (χ2n) is 7.68. The summed E-state index contributed by atoms with van der Waals surface area (Å²) in [7, 11) is 1.59. The van der Waals surface area contributed by atoms with Gasteiger partial charge in [-0.3, -0.25) is 14.4 Å². The van der Waals surface area contributed by atoms with Crippen LogP contribution < -0.4 is 10.9 Å². The standard InChI is InChI=1S/C25H22N4O3S/c1-14-15(2)28-29(4)25(32)20(14)24-26-16(3)22(33-24)23(31)27-19-12-8-11-18(13-19)21(30)17-9-6-5-7-10-17/h5-13H,1-4H3,(H,27,31). The molecule has 33 heavy (non-hydrogen) atoms. The van der Waals surface area contributed by atoms with E-state index in [4.69, 9.17) is 0 Å². The summed E-state index contributed by atoms with van der Waals surface area (Å²) >= 11 is 1.16. The van der Waals surface area contributed by atoms with Crippen molar-refractivity contribution in [3.63, 3.8) is 0 Å². The number of hydrogen-bond donors (Lipinski definition) is 1. The minimum Gasteiger partial charge on any atom is -0.321 e. The van der Waals surface area contributed by atoms with Crippen LogP contribution in [0.4, 0.5) is 5.69 Å². The van der Waals surface area contributed by atoms with Crippen molar-refractivity contribution in [1.82, 2.24) is 14.8 Å². The van der Waals surface area contributed by atoms with Gasteiger partial charge in [0.1, 0.15) is 9.88 Å². The van der Waals surface area contributed by atoms with Crippen LogP contribution in [0.5, 0.6) is 0 Å². The van der Waals surface area contributed by atoms with Crippen LogP contribution in [-0.2, 0) is 7.05 Å². The van der Waals surface area contributed by atoms with Gasteiger partial charge in [0.25, 0.3) is 11.5 Å². The molecule has 0 fully saturated rings. The number of rotatable bonds is 5. The second-order valence-corrected chi connectivity index (χ2v) is 8.68. The summed E-state index contributed by atoms with van der Waals surface area (Å²) in [6.07, 6.45) is 0. The molecule has 0 radical (unpaired) electrons. The number of ketones is 1. The molecule has 1 amide bonds. The number of benzene rings is 2. The number of nitrogens with one attached hydrogen (secondary N) is 1. The van der Waals surface area contributed by atoms with E-state index in [9.17, 15) is 14.4 Å². The maximum absolute atomic E-state index is 13.0. The van der Waals surface area contributed by atoms with Crippen LogP contribution in [-0.4, -0.2) is 26.5 Å². The highest BCUT2D eigenvalue weighted by molar-refractivity contribution is 7.17. The Morgan fingerprint density at radius 3 is 2.36 bits per heavy atom. The highest BCUT2D eigenvalue weighted by atomic mass is 32.1. The first-order valence-electron chi connectivity index (χ1n) is 10.3. The number of aromatic nitrogens is 3. The molecule has 2 aromatic carbocycles. The third-order valence-electron chi connectivity index (χ3n) is 5.36. The van der Waals surface area contributed by atoms with E-state index in [1.165, 1.54) is 4.68 Å². The van der Waals surface area contributed by atoms with Crippen molar-refractivity contribution in [2.75, 3.05) is 5.32 Å². The van der Waals surface area contributed by atoms with Crippen molar-refractivity contribution < 1.29 is 9.59 Å². The van der Waals surface area contributed by atoms with Gasteiger partial charge in [0.05, 0.1) is 17.0 Å². The van der Waals surface area contributed by atoms with Gasteiger partial charge in [0.2, 0.25) is 0 Å². The number of thiazole rings is 1. The van der Waals surface area contributed by atoms with Crippen molar-refractivity contribution in [2.24, 2.45) is 7.05 Å². The lowest BCUT2D eigenvalue weighted by Gasteiger charge is -2.07. The third-order valence-corrected chi connectivity index (χ3v) is 6.53. The predicted octanol–water partition coefficient (Wildman–Crippen LogP) is 4.31. The van der Waals surface area contributed by atoms with Crippen molar-refractivity contribution in [3.8, 4) is 10.6 Å². The zero-order valence-electron chi connectivity index (χ0n) is 18.7. The molecule has 4 rings (SSSR count). The van der Waals surface area contributed by atoms with Crippen LogP contribution in [0.15, 0.2) is 59.4 Å². The van der Waals surface area contributed by atoms with Crippen molar-refractivity contribution in [3.05, 3.63) is 97.9 Å². The minimum atomic E-state index is -0.346. The van der Waals surface area contributed by atoms with E-state index in [2.05, 4.69) is 15.4 Å². The zero-order valence-corrected chi connectivity index (χ0v) is 19.5. The van der Waals surface area contributed by atoms with Crippen molar-refractivity contribution >= 4 is 28.7 Å². The Hall–Kier alpha value is -3.91. The number of nitrogens with zero attached hydrogens (tertiary/aromatic N) is 3. The van der Waals surface area contributed by atoms with Crippen LogP contribution in [0, 0.1) is 20.8 Å². The van der Waals surface area contributed by atoms with Crippen molar-refractivity contribution in [1.29, 1.82) is 0 Å². The van der Waals surface area contributed by atoms with Gasteiger partial charge in [-0.25, -0.2) is 9.67 Å². The van der Waals surface area contributed by atoms with Gasteiger partial charge in [-0.2, -0.15) is 5.10 Å². The zero-order chi connectivity index (χ0) is 23.7. The highest BCUT2D eigenvalue weighted by Gasteiger charge is 2.21. The van der Waals surface area contributed by atoms with E-state index < -0.39 is 0 Å². The van der Waals surface area contributed by atoms with Crippen LogP contribution in [0.25, 0.3) is 10.6 Å². The van der Waals surface area contributed by atoms with Gasteiger partial charge in [-0.15, -0.1) is 11.3 Å². The first-order valence-corrected chi connectivity index (χ1v) is 11.1. The summed E-state index contributed by atoms with van der Waals surface area (Å²) in [6, 6.07) is 15.8. The van der Waals surface area contributed by atoms with Crippen LogP contribution in [0.2, 0.25) is 0 Å². The normalized spacial score (nSPS) is 10.8. The van der Waals surface area contributed by atoms with E-state index in [0.29, 0.717) is 38.0 Å². The quantitative estimate of drug-likeness (QED) is 0.450. The summed E-state index contributed by atoms with van der Waals surface area (Å²) in [5.74, 6) is -0.469. The van der Waals surface area contributed by atoms with Gasteiger partial charge >= 0.3 is 0 Å². The van der Waals surface area contributed by atoms with Gasteiger partial charge < -0.3 is 5.32 Å². The first kappa shape index (κ1) is 22.3. The maximum Gasteiger partial charge on any atom is 0.277 e. The molecule has 166 valence electrons. The average molecular weight is 459 g/mol. The fraction of sp³-hybridized carbons (Fsp3) is 0.160. The van der Waals surface area contributed by atoms with Crippen LogP contribution in [0.3, 0.4) is 0 Å². The van der Waals surface area contributed by atoms with Crippen LogP contribution >= 0.6 is 11.3 Å². The summed E-state index contributed by atoms with van der Waals surface area (Å²) in [4.78, 5) is 43.3. The summed E-state index contributed by atoms with van der Waals surface area (Å²) in [5.41, 5.74) is 3.75. The van der Waals surface area contributed by atoms with Gasteiger partial charge in [-0.05, 0) is 38.5 Å². The lowest BCUT2D eigenvalue weighted by molar-refractivity contribution is 0.102. The van der Waals surface area contributed by atoms with Gasteiger partial charge in [-0.1, -0.05) is 42.5 Å².